The van der Waals surface area contributed by atoms with Gasteiger partial charge in [0.1, 0.15) is 0 Å². The molecule has 0 saturated heterocycles. The number of hydrogen-bond acceptors (Lipinski definition) is 3. The Balaban J connectivity index is 1.25. The van der Waals surface area contributed by atoms with Gasteiger partial charge in [-0.15, -0.1) is 0 Å². The van der Waals surface area contributed by atoms with Crippen molar-refractivity contribution in [3.8, 4) is 34.2 Å². The van der Waals surface area contributed by atoms with Crippen LogP contribution in [0.15, 0.2) is 188 Å². The first-order valence-corrected chi connectivity index (χ1v) is 19.7. The molecule has 0 spiro atoms. The third-order valence-electron chi connectivity index (χ3n) is 12.1. The summed E-state index contributed by atoms with van der Waals surface area (Å²) in [5.74, 6) is 1.93. The summed E-state index contributed by atoms with van der Waals surface area (Å²) >= 11 is 0. The zero-order valence-electron chi connectivity index (χ0n) is 31.1. The molecule has 0 aliphatic heterocycles. The Morgan fingerprint density at radius 3 is 1.43 bits per heavy atom. The molecule has 9 aromatic carbocycles. The Kier molecular flexibility index (Phi) is 6.38. The van der Waals surface area contributed by atoms with Gasteiger partial charge in [-0.05, 0) is 46.5 Å². The van der Waals surface area contributed by atoms with Crippen LogP contribution in [0.3, 0.4) is 0 Å². The van der Waals surface area contributed by atoms with Gasteiger partial charge in [0.2, 0.25) is 0 Å². The molecule has 0 fully saturated rings. The molecule has 5 heteroatoms. The van der Waals surface area contributed by atoms with E-state index in [0.717, 1.165) is 33.1 Å². The second-order valence-corrected chi connectivity index (χ2v) is 15.1. The van der Waals surface area contributed by atoms with Crippen molar-refractivity contribution in [2.75, 3.05) is 0 Å². The van der Waals surface area contributed by atoms with Gasteiger partial charge in [0.15, 0.2) is 17.5 Å². The molecule has 268 valence electrons. The Morgan fingerprint density at radius 2 is 0.724 bits per heavy atom. The summed E-state index contributed by atoms with van der Waals surface area (Å²) in [4.78, 5) is 15.2. The lowest BCUT2D eigenvalue weighted by atomic mass is 9.95. The Bertz CT molecular complexity index is 3790. The predicted octanol–water partition coefficient (Wildman–Crippen LogP) is 13.5. The maximum Gasteiger partial charge on any atom is 0.164 e. The number of aromatic nitrogens is 5. The molecule has 0 saturated carbocycles. The fourth-order valence-corrected chi connectivity index (χ4v) is 9.64. The molecule has 0 atom stereocenters. The molecule has 0 bridgehead atoms. The van der Waals surface area contributed by atoms with Crippen LogP contribution in [0.1, 0.15) is 0 Å². The summed E-state index contributed by atoms with van der Waals surface area (Å²) < 4.78 is 5.05. The molecule has 0 radical (unpaired) electrons. The minimum absolute atomic E-state index is 0.637. The van der Waals surface area contributed by atoms with Crippen molar-refractivity contribution in [1.29, 1.82) is 0 Å². The molecule has 0 unspecified atom stereocenters. The number of nitrogens with zero attached hydrogens (tertiary/aromatic N) is 5. The van der Waals surface area contributed by atoms with Crippen LogP contribution in [0.5, 0.6) is 0 Å². The highest BCUT2D eigenvalue weighted by Gasteiger charge is 2.22. The number of para-hydroxylation sites is 3. The molecule has 0 N–H and O–H groups in total. The number of hydrogen-bond donors (Lipinski definition) is 0. The van der Waals surface area contributed by atoms with E-state index in [1.54, 1.807) is 0 Å². The quantitative estimate of drug-likeness (QED) is 0.170. The van der Waals surface area contributed by atoms with E-state index in [1.165, 1.54) is 70.5 Å². The van der Waals surface area contributed by atoms with Gasteiger partial charge < -0.3 is 8.80 Å². The monoisotopic (exact) mass is 737 g/mol. The lowest BCUT2D eigenvalue weighted by Crippen LogP contribution is -2.00. The maximum atomic E-state index is 5.13. The van der Waals surface area contributed by atoms with Crippen LogP contribution in [0.25, 0.3) is 121 Å². The van der Waals surface area contributed by atoms with Crippen molar-refractivity contribution in [3.63, 3.8) is 0 Å². The number of fused-ring (bicyclic) bond motifs is 15. The standard InChI is InChI=1S/C53H31N5/c1-3-15-32(16-4-1)51-54-52(33-17-5-2-6-18-33)56-53(55-51)34-29-30-45-43(31-34)41-25-14-28-46-49(41)58(45)50-39-23-10-8-20-36(39)35-19-7-9-22-38(35)47(50)42-26-13-24-40-37-21-11-12-27-44(37)57(46)48(40)42/h1-31H. The van der Waals surface area contributed by atoms with E-state index in [0.29, 0.717) is 17.5 Å². The minimum Gasteiger partial charge on any atom is -0.306 e. The van der Waals surface area contributed by atoms with Gasteiger partial charge in [0.25, 0.3) is 0 Å². The van der Waals surface area contributed by atoms with Crippen molar-refractivity contribution < 1.29 is 0 Å². The highest BCUT2D eigenvalue weighted by atomic mass is 15.0. The van der Waals surface area contributed by atoms with Crippen LogP contribution < -0.4 is 0 Å². The van der Waals surface area contributed by atoms with Gasteiger partial charge in [-0.1, -0.05) is 158 Å². The van der Waals surface area contributed by atoms with E-state index in [2.05, 4.69) is 160 Å². The van der Waals surface area contributed by atoms with Crippen LogP contribution in [0, 0.1) is 0 Å². The van der Waals surface area contributed by atoms with E-state index < -0.39 is 0 Å². The van der Waals surface area contributed by atoms with Crippen LogP contribution in [0.2, 0.25) is 0 Å². The fraction of sp³-hybridized carbons (Fsp3) is 0. The van der Waals surface area contributed by atoms with Gasteiger partial charge in [-0.25, -0.2) is 15.0 Å². The normalized spacial score (nSPS) is 12.1. The first kappa shape index (κ1) is 31.3. The lowest BCUT2D eigenvalue weighted by Gasteiger charge is -2.15. The molecule has 0 amide bonds. The van der Waals surface area contributed by atoms with Gasteiger partial charge in [0.05, 0.1) is 33.1 Å². The van der Waals surface area contributed by atoms with Crippen LogP contribution >= 0.6 is 0 Å². The van der Waals surface area contributed by atoms with Crippen molar-refractivity contribution in [2.45, 2.75) is 0 Å². The topological polar surface area (TPSA) is 47.5 Å². The number of benzene rings is 9. The van der Waals surface area contributed by atoms with Crippen molar-refractivity contribution in [2.24, 2.45) is 0 Å². The van der Waals surface area contributed by atoms with E-state index in [4.69, 9.17) is 15.0 Å². The van der Waals surface area contributed by atoms with E-state index >= 15 is 0 Å². The van der Waals surface area contributed by atoms with Crippen LogP contribution in [-0.2, 0) is 0 Å². The maximum absolute atomic E-state index is 5.13. The van der Waals surface area contributed by atoms with Crippen LogP contribution in [0.4, 0.5) is 0 Å². The second kappa shape index (κ2) is 11.8. The fourth-order valence-electron chi connectivity index (χ4n) is 9.64. The molecule has 4 heterocycles. The van der Waals surface area contributed by atoms with Crippen molar-refractivity contribution >= 4 is 87.0 Å². The highest BCUT2D eigenvalue weighted by molar-refractivity contribution is 6.34. The first-order valence-electron chi connectivity index (χ1n) is 19.7. The van der Waals surface area contributed by atoms with Gasteiger partial charge in [0, 0.05) is 54.4 Å². The molecular formula is C53H31N5. The average molecular weight is 738 g/mol. The molecule has 0 aliphatic carbocycles. The zero-order valence-corrected chi connectivity index (χ0v) is 31.1. The van der Waals surface area contributed by atoms with Gasteiger partial charge in [-0.2, -0.15) is 0 Å². The molecular weight excluding hydrogens is 707 g/mol. The van der Waals surface area contributed by atoms with Gasteiger partial charge >= 0.3 is 0 Å². The SMILES string of the molecule is c1ccc(-c2nc(-c3ccccc3)nc(-c3ccc4c(c3)c3cccc5c3n4c3c4ccccc4c4ccccc4c3c3cccc4c6ccccc6n5c43)n2)cc1. The highest BCUT2D eigenvalue weighted by Crippen LogP contribution is 2.45. The molecule has 0 aliphatic rings. The average Bonchev–Trinajstić information content (AvgIpc) is 3.81. The predicted molar refractivity (Wildman–Crippen MR) is 241 cm³/mol. The smallest absolute Gasteiger partial charge is 0.164 e. The molecule has 4 aromatic heterocycles. The molecule has 13 aromatic rings. The Morgan fingerprint density at radius 1 is 0.259 bits per heavy atom. The minimum atomic E-state index is 0.637. The summed E-state index contributed by atoms with van der Waals surface area (Å²) in [5.41, 5.74) is 9.88. The first-order chi connectivity index (χ1) is 28.8. The molecule has 13 rings (SSSR count). The van der Waals surface area contributed by atoms with Crippen molar-refractivity contribution in [3.05, 3.63) is 188 Å². The summed E-state index contributed by atoms with van der Waals surface area (Å²) in [6, 6.07) is 67.4. The summed E-state index contributed by atoms with van der Waals surface area (Å²) in [6.45, 7) is 0. The lowest BCUT2D eigenvalue weighted by molar-refractivity contribution is 1.07. The van der Waals surface area contributed by atoms with Gasteiger partial charge in [-0.3, -0.25) is 0 Å². The summed E-state index contributed by atoms with van der Waals surface area (Å²) in [5, 5.41) is 12.2. The van der Waals surface area contributed by atoms with E-state index in [-0.39, 0.29) is 0 Å². The summed E-state index contributed by atoms with van der Waals surface area (Å²) in [7, 11) is 0. The number of rotatable bonds is 3. The molecule has 58 heavy (non-hydrogen) atoms. The Labute approximate surface area is 331 Å². The molecule has 5 nitrogen and oxygen atoms in total. The third-order valence-corrected chi connectivity index (χ3v) is 12.1. The van der Waals surface area contributed by atoms with E-state index in [9.17, 15) is 0 Å². The second-order valence-electron chi connectivity index (χ2n) is 15.1. The Hall–Kier alpha value is -7.89. The zero-order chi connectivity index (χ0) is 37.9. The third kappa shape index (κ3) is 4.27. The largest absolute Gasteiger partial charge is 0.306 e. The summed E-state index contributed by atoms with van der Waals surface area (Å²) in [6.07, 6.45) is 0. The van der Waals surface area contributed by atoms with Crippen LogP contribution in [-0.4, -0.2) is 23.8 Å². The van der Waals surface area contributed by atoms with E-state index in [1.807, 2.05) is 36.4 Å². The van der Waals surface area contributed by atoms with Crippen molar-refractivity contribution in [1.82, 2.24) is 23.8 Å².